The molecule has 3 nitrogen and oxygen atoms in total. The maximum absolute atomic E-state index is 10.9. The van der Waals surface area contributed by atoms with Gasteiger partial charge in [0.15, 0.2) is 0 Å². The first-order valence-corrected chi connectivity index (χ1v) is 4.54. The Kier molecular flexibility index (Phi) is 1.83. The van der Waals surface area contributed by atoms with Gasteiger partial charge in [-0.1, -0.05) is 0 Å². The second-order valence-corrected chi connectivity index (χ2v) is 4.04. The van der Waals surface area contributed by atoms with Crippen molar-refractivity contribution in [2.45, 2.75) is 31.8 Å². The number of methoxy groups -OCH3 is 1. The molecule has 1 N–H and O–H groups in total. The van der Waals surface area contributed by atoms with Crippen LogP contribution in [0.5, 0.6) is 0 Å². The van der Waals surface area contributed by atoms with Crippen LogP contribution in [0.3, 0.4) is 0 Å². The molecule has 1 saturated heterocycles. The fraction of sp³-hybridized carbons (Fsp3) is 0.889. The van der Waals surface area contributed by atoms with Crippen molar-refractivity contribution >= 4 is 5.91 Å². The molecule has 0 atom stereocenters. The van der Waals surface area contributed by atoms with Gasteiger partial charge in [-0.05, 0) is 24.7 Å². The van der Waals surface area contributed by atoms with E-state index in [0.717, 1.165) is 25.8 Å². The van der Waals surface area contributed by atoms with Crippen LogP contribution in [0, 0.1) is 5.41 Å². The van der Waals surface area contributed by atoms with Gasteiger partial charge in [0.25, 0.3) is 0 Å². The molecule has 12 heavy (non-hydrogen) atoms. The summed E-state index contributed by atoms with van der Waals surface area (Å²) in [6.07, 6.45) is 4.46. The van der Waals surface area contributed by atoms with Crippen LogP contribution in [-0.4, -0.2) is 25.7 Å². The van der Waals surface area contributed by atoms with Gasteiger partial charge in [-0.2, -0.15) is 0 Å². The van der Waals surface area contributed by atoms with Crippen LogP contribution in [-0.2, 0) is 9.53 Å². The van der Waals surface area contributed by atoms with E-state index in [4.69, 9.17) is 4.74 Å². The molecule has 1 spiro atoms. The predicted molar refractivity (Wildman–Crippen MR) is 44.7 cm³/mol. The average molecular weight is 169 g/mol. The van der Waals surface area contributed by atoms with E-state index in [9.17, 15) is 4.79 Å². The average Bonchev–Trinajstić information content (AvgIpc) is 2.02. The molecule has 1 saturated carbocycles. The highest BCUT2D eigenvalue weighted by molar-refractivity contribution is 5.76. The number of carbonyl (C=O) groups is 1. The van der Waals surface area contributed by atoms with Crippen molar-refractivity contribution < 1.29 is 9.53 Å². The minimum absolute atomic E-state index is 0.210. The molecule has 1 heterocycles. The smallest absolute Gasteiger partial charge is 0.220 e. The maximum Gasteiger partial charge on any atom is 0.220 e. The lowest BCUT2D eigenvalue weighted by Gasteiger charge is -2.49. The molecule has 0 aromatic rings. The van der Waals surface area contributed by atoms with E-state index in [-0.39, 0.29) is 5.91 Å². The highest BCUT2D eigenvalue weighted by Gasteiger charge is 2.46. The zero-order chi connectivity index (χ0) is 8.60. The lowest BCUT2D eigenvalue weighted by Crippen LogP contribution is -2.52. The number of hydrogen-bond donors (Lipinski definition) is 1. The first-order valence-electron chi connectivity index (χ1n) is 4.54. The van der Waals surface area contributed by atoms with Gasteiger partial charge < -0.3 is 10.1 Å². The summed E-state index contributed by atoms with van der Waals surface area (Å²) in [5.41, 5.74) is 0.397. The van der Waals surface area contributed by atoms with Crippen LogP contribution in [0.1, 0.15) is 25.7 Å². The summed E-state index contributed by atoms with van der Waals surface area (Å²) in [5.74, 6) is 0.210. The van der Waals surface area contributed by atoms with E-state index in [1.165, 1.54) is 0 Å². The Balaban J connectivity index is 1.87. The van der Waals surface area contributed by atoms with E-state index in [1.54, 1.807) is 7.11 Å². The third kappa shape index (κ3) is 1.22. The normalized spacial score (nSPS) is 40.8. The van der Waals surface area contributed by atoms with Gasteiger partial charge in [-0.25, -0.2) is 0 Å². The van der Waals surface area contributed by atoms with Gasteiger partial charge in [0.2, 0.25) is 5.91 Å². The van der Waals surface area contributed by atoms with Crippen molar-refractivity contribution in [1.82, 2.24) is 5.32 Å². The van der Waals surface area contributed by atoms with Crippen LogP contribution in [0.4, 0.5) is 0 Å². The minimum Gasteiger partial charge on any atom is -0.381 e. The summed E-state index contributed by atoms with van der Waals surface area (Å²) >= 11 is 0. The summed E-state index contributed by atoms with van der Waals surface area (Å²) in [7, 11) is 1.76. The van der Waals surface area contributed by atoms with E-state index in [1.807, 2.05) is 0 Å². The summed E-state index contributed by atoms with van der Waals surface area (Å²) in [6.45, 7) is 0.867. The van der Waals surface area contributed by atoms with Crippen molar-refractivity contribution in [1.29, 1.82) is 0 Å². The standard InChI is InChI=1S/C9H15NO2/c1-12-7-4-9(5-7)3-2-8(11)10-6-9/h7H,2-6H2,1H3,(H,10,11). The highest BCUT2D eigenvalue weighted by atomic mass is 16.5. The Morgan fingerprint density at radius 2 is 2.33 bits per heavy atom. The first-order chi connectivity index (χ1) is 5.74. The van der Waals surface area contributed by atoms with Crippen LogP contribution >= 0.6 is 0 Å². The Hall–Kier alpha value is -0.570. The summed E-state index contributed by atoms with van der Waals surface area (Å²) in [4.78, 5) is 10.9. The Morgan fingerprint density at radius 1 is 1.58 bits per heavy atom. The number of rotatable bonds is 1. The fourth-order valence-corrected chi connectivity index (χ4v) is 2.26. The monoisotopic (exact) mass is 169 g/mol. The van der Waals surface area contributed by atoms with E-state index in [0.29, 0.717) is 17.9 Å². The maximum atomic E-state index is 10.9. The molecule has 0 bridgehead atoms. The summed E-state index contributed by atoms with van der Waals surface area (Å²) in [5, 5.41) is 2.92. The van der Waals surface area contributed by atoms with Gasteiger partial charge >= 0.3 is 0 Å². The second kappa shape index (κ2) is 2.73. The molecule has 0 aromatic carbocycles. The van der Waals surface area contributed by atoms with Gasteiger partial charge in [0, 0.05) is 20.1 Å². The lowest BCUT2D eigenvalue weighted by molar-refractivity contribution is -0.130. The zero-order valence-electron chi connectivity index (χ0n) is 7.43. The predicted octanol–water partition coefficient (Wildman–Crippen LogP) is 0.692. The van der Waals surface area contributed by atoms with Crippen molar-refractivity contribution in [2.75, 3.05) is 13.7 Å². The van der Waals surface area contributed by atoms with Crippen LogP contribution < -0.4 is 5.32 Å². The number of carbonyl (C=O) groups excluding carboxylic acids is 1. The lowest BCUT2D eigenvalue weighted by atomic mass is 9.63. The van der Waals surface area contributed by atoms with E-state index < -0.39 is 0 Å². The number of hydrogen-bond acceptors (Lipinski definition) is 2. The van der Waals surface area contributed by atoms with E-state index >= 15 is 0 Å². The number of amides is 1. The molecule has 1 aliphatic heterocycles. The number of nitrogens with one attached hydrogen (secondary N) is 1. The van der Waals surface area contributed by atoms with Crippen LogP contribution in [0.25, 0.3) is 0 Å². The Labute approximate surface area is 72.5 Å². The molecule has 0 radical (unpaired) electrons. The zero-order valence-corrected chi connectivity index (χ0v) is 7.43. The molecule has 2 rings (SSSR count). The van der Waals surface area contributed by atoms with Gasteiger partial charge in [-0.3, -0.25) is 4.79 Å². The third-order valence-corrected chi connectivity index (χ3v) is 3.20. The quantitative estimate of drug-likeness (QED) is 0.627. The van der Waals surface area contributed by atoms with Crippen molar-refractivity contribution in [3.8, 4) is 0 Å². The van der Waals surface area contributed by atoms with Crippen molar-refractivity contribution in [3.63, 3.8) is 0 Å². The number of piperidine rings is 1. The molecule has 2 aliphatic rings. The first kappa shape index (κ1) is 8.05. The molecule has 3 heteroatoms. The molecule has 1 aliphatic carbocycles. The molecule has 2 fully saturated rings. The molecular weight excluding hydrogens is 154 g/mol. The highest BCUT2D eigenvalue weighted by Crippen LogP contribution is 2.46. The van der Waals surface area contributed by atoms with Gasteiger partial charge in [0.1, 0.15) is 0 Å². The molecule has 68 valence electrons. The topological polar surface area (TPSA) is 38.3 Å². The van der Waals surface area contributed by atoms with Gasteiger partial charge in [-0.15, -0.1) is 0 Å². The molecule has 0 aromatic heterocycles. The third-order valence-electron chi connectivity index (χ3n) is 3.20. The molecule has 1 amide bonds. The van der Waals surface area contributed by atoms with Crippen LogP contribution in [0.2, 0.25) is 0 Å². The van der Waals surface area contributed by atoms with Gasteiger partial charge in [0.05, 0.1) is 6.10 Å². The Morgan fingerprint density at radius 3 is 2.83 bits per heavy atom. The largest absolute Gasteiger partial charge is 0.381 e. The van der Waals surface area contributed by atoms with E-state index in [2.05, 4.69) is 5.32 Å². The molecular formula is C9H15NO2. The minimum atomic E-state index is 0.210. The fourth-order valence-electron chi connectivity index (χ4n) is 2.26. The number of ether oxygens (including phenoxy) is 1. The van der Waals surface area contributed by atoms with Crippen molar-refractivity contribution in [2.24, 2.45) is 5.41 Å². The summed E-state index contributed by atoms with van der Waals surface area (Å²) in [6, 6.07) is 0. The molecule has 0 unspecified atom stereocenters. The SMILES string of the molecule is COC1CC2(CCC(=O)NC2)C1. The Bertz CT molecular complexity index is 185. The second-order valence-electron chi connectivity index (χ2n) is 4.04. The summed E-state index contributed by atoms with van der Waals surface area (Å²) < 4.78 is 5.23. The van der Waals surface area contributed by atoms with Crippen LogP contribution in [0.15, 0.2) is 0 Å². The van der Waals surface area contributed by atoms with Crippen molar-refractivity contribution in [3.05, 3.63) is 0 Å².